The van der Waals surface area contributed by atoms with Crippen LogP contribution >= 0.6 is 0 Å². The fraction of sp³-hybridized carbons (Fsp3) is 0.625. The molecule has 1 atom stereocenters. The zero-order valence-corrected chi connectivity index (χ0v) is 9.58. The number of ether oxygens (including phenoxy) is 1. The predicted molar refractivity (Wildman–Crippen MR) is 43.8 cm³/mol. The molecule has 0 aliphatic heterocycles. The number of carbonyl (C=O) groups is 1. The van der Waals surface area contributed by atoms with Crippen molar-refractivity contribution in [2.24, 2.45) is 0 Å². The molecule has 5 nitrogen and oxygen atoms in total. The van der Waals surface area contributed by atoms with E-state index in [0.29, 0.717) is 4.48 Å². The Morgan fingerprint density at radius 2 is 1.86 bits per heavy atom. The van der Waals surface area contributed by atoms with Gasteiger partial charge >= 0.3 is 5.97 Å². The number of nitrogens with zero attached hydrogens (tertiary/aromatic N) is 1. The quantitative estimate of drug-likeness (QED) is 0.251. The fourth-order valence-electron chi connectivity index (χ4n) is 0.374. The molecule has 0 saturated heterocycles. The maximum Gasteiger partial charge on any atom is 0.334 e. The van der Waals surface area contributed by atoms with E-state index in [4.69, 9.17) is 14.1 Å². The second kappa shape index (κ2) is 7.75. The van der Waals surface area contributed by atoms with E-state index >= 15 is 0 Å². The van der Waals surface area contributed by atoms with Gasteiger partial charge < -0.3 is 14.1 Å². The highest BCUT2D eigenvalue weighted by atomic mass is 35.6. The molecule has 0 spiro atoms. The Bertz CT molecular complexity index is 179. The van der Waals surface area contributed by atoms with Gasteiger partial charge in [-0.3, -0.25) is 4.48 Å². The van der Waals surface area contributed by atoms with Crippen LogP contribution in [0, 0.1) is 11.3 Å². The van der Waals surface area contributed by atoms with E-state index in [1.54, 1.807) is 0 Å². The topological polar surface area (TPSA) is 72.4 Å². The SMILES string of the molecule is C=CC(=O)OC(C)[N+](C)(C)C.[O-][Cl+][O-]. The summed E-state index contributed by atoms with van der Waals surface area (Å²) in [4.78, 5) is 10.7. The summed E-state index contributed by atoms with van der Waals surface area (Å²) in [6.07, 6.45) is 1.03. The third-order valence-corrected chi connectivity index (χ3v) is 1.54. The summed E-state index contributed by atoms with van der Waals surface area (Å²) in [5.74, 6) is -0.370. The van der Waals surface area contributed by atoms with Gasteiger partial charge in [0.2, 0.25) is 6.23 Å². The molecule has 0 aliphatic rings. The molecule has 0 aromatic rings. The minimum absolute atomic E-state index is 0.138. The van der Waals surface area contributed by atoms with Crippen LogP contribution in [0.3, 0.4) is 0 Å². The first kappa shape index (κ1) is 15.8. The molecule has 0 aliphatic carbocycles. The molecule has 0 saturated carbocycles. The second-order valence-corrected chi connectivity index (χ2v) is 3.55. The lowest BCUT2D eigenvalue weighted by Crippen LogP contribution is -2.45. The maximum atomic E-state index is 10.7. The monoisotopic (exact) mass is 225 g/mol. The van der Waals surface area contributed by atoms with Crippen molar-refractivity contribution in [2.45, 2.75) is 13.2 Å². The highest BCUT2D eigenvalue weighted by Gasteiger charge is 2.20. The van der Waals surface area contributed by atoms with Crippen molar-refractivity contribution in [3.05, 3.63) is 12.7 Å². The zero-order valence-electron chi connectivity index (χ0n) is 8.82. The lowest BCUT2D eigenvalue weighted by atomic mass is 10.5. The Hall–Kier alpha value is -0.620. The smallest absolute Gasteiger partial charge is 0.334 e. The van der Waals surface area contributed by atoms with Crippen molar-refractivity contribution in [1.82, 2.24) is 0 Å². The third-order valence-electron chi connectivity index (χ3n) is 1.54. The highest BCUT2D eigenvalue weighted by molar-refractivity contribution is 5.81. The van der Waals surface area contributed by atoms with Gasteiger partial charge in [-0.25, -0.2) is 4.79 Å². The van der Waals surface area contributed by atoms with Gasteiger partial charge in [0, 0.05) is 13.0 Å². The maximum absolute atomic E-state index is 10.7. The van der Waals surface area contributed by atoms with Gasteiger partial charge in [-0.2, -0.15) is 0 Å². The van der Waals surface area contributed by atoms with Gasteiger partial charge in [0.05, 0.1) is 32.5 Å². The summed E-state index contributed by atoms with van der Waals surface area (Å²) in [6, 6.07) is 0. The first-order valence-electron chi connectivity index (χ1n) is 3.83. The van der Waals surface area contributed by atoms with Crippen LogP contribution in [0.4, 0.5) is 0 Å². The molecule has 0 N–H and O–H groups in total. The summed E-state index contributed by atoms with van der Waals surface area (Å²) in [5, 5.41) is 0. The fourth-order valence-corrected chi connectivity index (χ4v) is 0.374. The minimum Gasteiger partial charge on any atom is -0.544 e. The van der Waals surface area contributed by atoms with Crippen LogP contribution in [0.5, 0.6) is 0 Å². The van der Waals surface area contributed by atoms with Crippen molar-refractivity contribution < 1.29 is 34.7 Å². The Kier molecular flexibility index (Phi) is 8.77. The minimum atomic E-state index is -0.417. The van der Waals surface area contributed by atoms with Crippen molar-refractivity contribution in [3.8, 4) is 0 Å². The van der Waals surface area contributed by atoms with E-state index in [-0.39, 0.29) is 12.2 Å². The highest BCUT2D eigenvalue weighted by Crippen LogP contribution is 2.03. The van der Waals surface area contributed by atoms with Gasteiger partial charge in [0.15, 0.2) is 0 Å². The lowest BCUT2D eigenvalue weighted by Gasteiger charge is -2.29. The number of halogens is 1. The normalized spacial score (nSPS) is 12.1. The van der Waals surface area contributed by atoms with Crippen LogP contribution in [0.1, 0.15) is 6.92 Å². The Balaban J connectivity index is 0. The molecule has 84 valence electrons. The second-order valence-electron chi connectivity index (χ2n) is 3.42. The van der Waals surface area contributed by atoms with Crippen molar-refractivity contribution in [2.75, 3.05) is 21.1 Å². The van der Waals surface area contributed by atoms with Gasteiger partial charge in [-0.1, -0.05) is 6.58 Å². The molecule has 0 rings (SSSR count). The van der Waals surface area contributed by atoms with E-state index in [9.17, 15) is 4.79 Å². The molecule has 0 heterocycles. The average Bonchev–Trinajstić information content (AvgIpc) is 2.03. The predicted octanol–water partition coefficient (Wildman–Crippen LogP) is -1.61. The van der Waals surface area contributed by atoms with Crippen molar-refractivity contribution in [3.63, 3.8) is 0 Å². The van der Waals surface area contributed by atoms with E-state index in [1.807, 2.05) is 28.1 Å². The Labute approximate surface area is 88.2 Å². The molecule has 6 heteroatoms. The van der Waals surface area contributed by atoms with E-state index in [1.165, 1.54) is 6.08 Å². The van der Waals surface area contributed by atoms with Gasteiger partial charge in [0.1, 0.15) is 0 Å². The molecule has 0 aromatic carbocycles. The number of rotatable bonds is 3. The van der Waals surface area contributed by atoms with E-state index < -0.39 is 11.3 Å². The molecule has 14 heavy (non-hydrogen) atoms. The largest absolute Gasteiger partial charge is 0.544 e. The van der Waals surface area contributed by atoms with E-state index in [2.05, 4.69) is 6.58 Å². The Morgan fingerprint density at radius 1 is 1.50 bits per heavy atom. The van der Waals surface area contributed by atoms with Crippen LogP contribution < -0.4 is 9.32 Å². The standard InChI is InChI=1S/C8H16NO2.ClO2/c1-6-8(10)11-7(2)9(3,4)5;2-1-3/h6-7H,1H2,2-5H3;/q+1;-1. The number of hydrogen-bond donors (Lipinski definition) is 0. The number of hydrogen-bond acceptors (Lipinski definition) is 4. The van der Waals surface area contributed by atoms with Crippen LogP contribution in [-0.2, 0) is 9.53 Å². The first-order valence-corrected chi connectivity index (χ1v) is 4.44. The Morgan fingerprint density at radius 3 is 2.07 bits per heavy atom. The van der Waals surface area contributed by atoms with Crippen LogP contribution in [-0.4, -0.2) is 37.8 Å². The van der Waals surface area contributed by atoms with Crippen molar-refractivity contribution in [1.29, 1.82) is 0 Å². The van der Waals surface area contributed by atoms with Crippen LogP contribution in [0.2, 0.25) is 0 Å². The molecular weight excluding hydrogens is 210 g/mol. The molecule has 1 unspecified atom stereocenters. The van der Waals surface area contributed by atoms with Gasteiger partial charge in [-0.15, -0.1) is 0 Å². The van der Waals surface area contributed by atoms with Gasteiger partial charge in [-0.05, 0) is 0 Å². The average molecular weight is 226 g/mol. The third kappa shape index (κ3) is 9.47. The van der Waals surface area contributed by atoms with Gasteiger partial charge in [0.25, 0.3) is 0 Å². The zero-order chi connectivity index (χ0) is 11.8. The molecule has 0 aromatic heterocycles. The van der Waals surface area contributed by atoms with Crippen LogP contribution in [0.15, 0.2) is 12.7 Å². The first-order chi connectivity index (χ1) is 6.29. The summed E-state index contributed by atoms with van der Waals surface area (Å²) in [5.41, 5.74) is 0. The van der Waals surface area contributed by atoms with Crippen LogP contribution in [0.25, 0.3) is 0 Å². The molecule has 0 fully saturated rings. The summed E-state index contributed by atoms with van der Waals surface area (Å²) < 4.78 is 22.0. The van der Waals surface area contributed by atoms with Crippen molar-refractivity contribution >= 4 is 5.97 Å². The number of quaternary nitrogens is 1. The number of esters is 1. The molecular formula is C8H16ClNO4. The molecule has 0 amide bonds. The summed E-state index contributed by atoms with van der Waals surface area (Å²) >= 11 is -0.417. The molecule has 0 radical (unpaired) electrons. The van der Waals surface area contributed by atoms with E-state index in [0.717, 1.165) is 0 Å². The summed E-state index contributed by atoms with van der Waals surface area (Å²) in [6.45, 7) is 5.16. The number of carbonyl (C=O) groups excluding carboxylic acids is 1. The summed E-state index contributed by atoms with van der Waals surface area (Å²) in [7, 11) is 5.88. The molecule has 0 bridgehead atoms. The lowest BCUT2D eigenvalue weighted by molar-refractivity contribution is -1.41.